The number of rotatable bonds is 5. The summed E-state index contributed by atoms with van der Waals surface area (Å²) >= 11 is 0. The number of benzene rings is 1. The molecule has 4 aromatic rings. The molecule has 12 heteroatoms. The second-order valence-electron chi connectivity index (χ2n) is 7.64. The number of carbonyl (C=O) groups excluding carboxylic acids is 1. The first kappa shape index (κ1) is 23.0. The summed E-state index contributed by atoms with van der Waals surface area (Å²) in [6.45, 7) is 4.37. The summed E-state index contributed by atoms with van der Waals surface area (Å²) in [5, 5.41) is 13.0. The molecule has 0 saturated heterocycles. The van der Waals surface area contributed by atoms with Crippen molar-refractivity contribution in [2.75, 3.05) is 10.6 Å². The van der Waals surface area contributed by atoms with Crippen molar-refractivity contribution in [1.29, 1.82) is 0 Å². The largest absolute Gasteiger partial charge is 0.433 e. The van der Waals surface area contributed by atoms with Crippen molar-refractivity contribution in [1.82, 2.24) is 20.0 Å². The van der Waals surface area contributed by atoms with E-state index < -0.39 is 17.9 Å². The molecule has 9 nitrogen and oxygen atoms in total. The third-order valence-electron chi connectivity index (χ3n) is 5.15. The molecule has 176 valence electrons. The number of aromatic nitrogens is 5. The molecule has 0 radical (unpaired) electrons. The Hall–Kier alpha value is -4.22. The number of hydrogen-bond acceptors (Lipinski definition) is 5. The van der Waals surface area contributed by atoms with Gasteiger partial charge in [0, 0.05) is 35.8 Å². The Labute approximate surface area is 192 Å². The fraction of sp³-hybridized carbons (Fsp3) is 0.227. The van der Waals surface area contributed by atoms with Gasteiger partial charge in [-0.3, -0.25) is 19.5 Å². The molecule has 0 unspecified atom stereocenters. The van der Waals surface area contributed by atoms with E-state index in [-0.39, 0.29) is 11.6 Å². The molecule has 4 rings (SSSR count). The predicted molar refractivity (Wildman–Crippen MR) is 116 cm³/mol. The van der Waals surface area contributed by atoms with Crippen molar-refractivity contribution < 1.29 is 27.2 Å². The van der Waals surface area contributed by atoms with Crippen LogP contribution in [0.2, 0.25) is 0 Å². The van der Waals surface area contributed by atoms with Crippen LogP contribution in [0.1, 0.15) is 22.6 Å². The van der Waals surface area contributed by atoms with Crippen LogP contribution in [0.5, 0.6) is 0 Å². The molecule has 0 spiro atoms. The average Bonchev–Trinajstić information content (AvgIpc) is 3.31. The number of aryl methyl sites for hydroxylation is 2. The molecular formula is C22H21F3N7O2+. The van der Waals surface area contributed by atoms with Crippen LogP contribution in [-0.4, -0.2) is 26.1 Å². The smallest absolute Gasteiger partial charge is 0.308 e. The number of carbonyl (C=O) groups is 1. The van der Waals surface area contributed by atoms with Crippen LogP contribution in [0.4, 0.5) is 29.5 Å². The van der Waals surface area contributed by atoms with Gasteiger partial charge in [-0.15, -0.1) is 0 Å². The lowest BCUT2D eigenvalue weighted by Gasteiger charge is -2.08. The van der Waals surface area contributed by atoms with Crippen LogP contribution >= 0.6 is 0 Å². The number of pyridine rings is 1. The Morgan fingerprint density at radius 3 is 2.53 bits per heavy atom. The van der Waals surface area contributed by atoms with E-state index in [4.69, 9.17) is 4.52 Å². The number of urea groups is 1. The van der Waals surface area contributed by atoms with Crippen LogP contribution in [0.15, 0.2) is 53.3 Å². The maximum absolute atomic E-state index is 12.8. The molecule has 3 heterocycles. The number of nitrogens with one attached hydrogen (secondary N) is 2. The van der Waals surface area contributed by atoms with Gasteiger partial charge in [0.1, 0.15) is 5.69 Å². The van der Waals surface area contributed by atoms with E-state index in [1.165, 1.54) is 16.9 Å². The van der Waals surface area contributed by atoms with Crippen molar-refractivity contribution in [3.63, 3.8) is 0 Å². The summed E-state index contributed by atoms with van der Waals surface area (Å²) in [6.07, 6.45) is -2.18. The number of nitrogens with zero attached hydrogens (tertiary/aromatic N) is 5. The van der Waals surface area contributed by atoms with Crippen LogP contribution in [0.3, 0.4) is 0 Å². The molecule has 2 N–H and O–H groups in total. The molecule has 0 aliphatic carbocycles. The first-order valence-electron chi connectivity index (χ1n) is 10.2. The van der Waals surface area contributed by atoms with Gasteiger partial charge in [-0.05, 0) is 36.2 Å². The standard InChI is InChI=1S/C22H20F3N7O2/c1-13-20(14(2)31(3)29-13)16-6-4-15(5-7-16)11-32-12-19(34-30-32)28-21(33)27-17-8-9-26-18(10-17)22(23,24)25/h4-10,12H,11H2,1-3H3,(H-,26,27,28,30,33)/p+1. The SMILES string of the molecule is Cc1nn(C)c(C)c1-c1ccc(C[n+]2cc(NC(=O)Nc3ccnc(C(F)(F)F)c3)on2)cc1. The molecule has 0 bridgehead atoms. The minimum absolute atomic E-state index is 0.0285. The van der Waals surface area contributed by atoms with Gasteiger partial charge in [0.15, 0.2) is 0 Å². The first-order valence-corrected chi connectivity index (χ1v) is 10.2. The molecular weight excluding hydrogens is 451 g/mol. The molecule has 0 saturated carbocycles. The quantitative estimate of drug-likeness (QED) is 0.426. The summed E-state index contributed by atoms with van der Waals surface area (Å²) in [5.74, 6) is 0.0285. The number of halogens is 3. The van der Waals surface area contributed by atoms with Crippen LogP contribution in [0, 0.1) is 13.8 Å². The van der Waals surface area contributed by atoms with E-state index in [0.29, 0.717) is 6.54 Å². The van der Waals surface area contributed by atoms with E-state index in [9.17, 15) is 18.0 Å². The van der Waals surface area contributed by atoms with Gasteiger partial charge >= 0.3 is 18.1 Å². The zero-order valence-electron chi connectivity index (χ0n) is 18.5. The Bertz CT molecular complexity index is 1330. The molecule has 0 atom stereocenters. The zero-order chi connectivity index (χ0) is 24.5. The van der Waals surface area contributed by atoms with Crippen molar-refractivity contribution in [2.24, 2.45) is 7.05 Å². The number of anilines is 2. The normalized spacial score (nSPS) is 11.5. The van der Waals surface area contributed by atoms with Gasteiger partial charge in [-0.25, -0.2) is 4.79 Å². The van der Waals surface area contributed by atoms with Gasteiger partial charge in [-0.1, -0.05) is 24.3 Å². The lowest BCUT2D eigenvalue weighted by Crippen LogP contribution is -2.35. The summed E-state index contributed by atoms with van der Waals surface area (Å²) in [7, 11) is 1.91. The highest BCUT2D eigenvalue weighted by Crippen LogP contribution is 2.29. The second kappa shape index (κ2) is 8.96. The fourth-order valence-corrected chi connectivity index (χ4v) is 3.50. The maximum Gasteiger partial charge on any atom is 0.433 e. The minimum atomic E-state index is -4.61. The fourth-order valence-electron chi connectivity index (χ4n) is 3.50. The summed E-state index contributed by atoms with van der Waals surface area (Å²) in [6, 6.07) is 9.13. The first-order chi connectivity index (χ1) is 16.1. The number of amides is 2. The highest BCUT2D eigenvalue weighted by Gasteiger charge is 2.32. The molecule has 0 aliphatic heterocycles. The molecule has 0 fully saturated rings. The minimum Gasteiger partial charge on any atom is -0.308 e. The Morgan fingerprint density at radius 1 is 1.15 bits per heavy atom. The van der Waals surface area contributed by atoms with Gasteiger partial charge in [0.25, 0.3) is 6.20 Å². The summed E-state index contributed by atoms with van der Waals surface area (Å²) < 4.78 is 46.7. The van der Waals surface area contributed by atoms with Gasteiger partial charge in [0.2, 0.25) is 11.8 Å². The van der Waals surface area contributed by atoms with E-state index in [1.54, 1.807) is 0 Å². The van der Waals surface area contributed by atoms with Crippen molar-refractivity contribution in [3.05, 3.63) is 71.4 Å². The van der Waals surface area contributed by atoms with E-state index in [1.807, 2.05) is 49.8 Å². The van der Waals surface area contributed by atoms with Crippen molar-refractivity contribution in [2.45, 2.75) is 26.6 Å². The highest BCUT2D eigenvalue weighted by atomic mass is 19.4. The lowest BCUT2D eigenvalue weighted by atomic mass is 10.0. The number of hydrogen-bond donors (Lipinski definition) is 2. The molecule has 3 aromatic heterocycles. The molecule has 34 heavy (non-hydrogen) atoms. The van der Waals surface area contributed by atoms with Gasteiger partial charge < -0.3 is 5.32 Å². The summed E-state index contributed by atoms with van der Waals surface area (Å²) in [5.41, 5.74) is 3.96. The average molecular weight is 472 g/mol. The van der Waals surface area contributed by atoms with Crippen LogP contribution < -0.4 is 15.3 Å². The highest BCUT2D eigenvalue weighted by molar-refractivity contribution is 5.98. The van der Waals surface area contributed by atoms with Crippen molar-refractivity contribution >= 4 is 17.6 Å². The summed E-state index contributed by atoms with van der Waals surface area (Å²) in [4.78, 5) is 15.4. The lowest BCUT2D eigenvalue weighted by molar-refractivity contribution is -0.754. The van der Waals surface area contributed by atoms with E-state index in [2.05, 4.69) is 26.0 Å². The molecule has 0 aliphatic rings. The Balaban J connectivity index is 1.38. The van der Waals surface area contributed by atoms with Crippen LogP contribution in [-0.2, 0) is 19.8 Å². The molecule has 2 amide bonds. The van der Waals surface area contributed by atoms with E-state index >= 15 is 0 Å². The van der Waals surface area contributed by atoms with Crippen molar-refractivity contribution in [3.8, 4) is 11.1 Å². The molecule has 1 aromatic carbocycles. The zero-order valence-corrected chi connectivity index (χ0v) is 18.5. The Morgan fingerprint density at radius 2 is 1.88 bits per heavy atom. The maximum atomic E-state index is 12.8. The third-order valence-corrected chi connectivity index (χ3v) is 5.15. The topological polar surface area (TPSA) is 102 Å². The number of alkyl halides is 3. The third kappa shape index (κ3) is 5.05. The second-order valence-corrected chi connectivity index (χ2v) is 7.64. The van der Waals surface area contributed by atoms with E-state index in [0.717, 1.165) is 40.3 Å². The predicted octanol–water partition coefficient (Wildman–Crippen LogP) is 4.09. The monoisotopic (exact) mass is 472 g/mol. The van der Waals surface area contributed by atoms with Gasteiger partial charge in [0.05, 0.1) is 5.69 Å². The van der Waals surface area contributed by atoms with Crippen LogP contribution in [0.25, 0.3) is 11.1 Å². The Kier molecular flexibility index (Phi) is 6.05. The van der Waals surface area contributed by atoms with Gasteiger partial charge in [-0.2, -0.15) is 18.3 Å².